The highest BCUT2D eigenvalue weighted by atomic mass is 32.2. The summed E-state index contributed by atoms with van der Waals surface area (Å²) in [5.41, 5.74) is 8.38. The van der Waals surface area contributed by atoms with Gasteiger partial charge in [0, 0.05) is 12.2 Å². The van der Waals surface area contributed by atoms with E-state index in [2.05, 4.69) is 4.72 Å². The fraction of sp³-hybridized carbons (Fsp3) is 0.571. The summed E-state index contributed by atoms with van der Waals surface area (Å²) in [5.74, 6) is 0. The lowest BCUT2D eigenvalue weighted by Crippen LogP contribution is -2.33. The molecule has 0 aliphatic rings. The summed E-state index contributed by atoms with van der Waals surface area (Å²) >= 11 is 0. The number of aryl methyl sites for hydroxylation is 1. The zero-order valence-electron chi connectivity index (χ0n) is 12.5. The molecule has 1 aromatic carbocycles. The Hall–Kier alpha value is -1.11. The first-order chi connectivity index (χ1) is 9.20. The van der Waals surface area contributed by atoms with Gasteiger partial charge in [-0.15, -0.1) is 0 Å². The van der Waals surface area contributed by atoms with Crippen molar-refractivity contribution in [2.75, 3.05) is 12.3 Å². The van der Waals surface area contributed by atoms with Gasteiger partial charge in [0.15, 0.2) is 0 Å². The molecule has 0 aromatic heterocycles. The van der Waals surface area contributed by atoms with E-state index >= 15 is 0 Å². The summed E-state index contributed by atoms with van der Waals surface area (Å²) in [4.78, 5) is 0.221. The lowest BCUT2D eigenvalue weighted by molar-refractivity contribution is 0.167. The Labute approximate surface area is 121 Å². The molecule has 4 N–H and O–H groups in total. The molecule has 0 aliphatic carbocycles. The standard InChI is InChI=1S/C14H24N2O3S/c1-5-6-12(17)8-16-20(18,19)14-10(3)9(2)7-13(15)11(14)4/h7,12,16-17H,5-6,8,15H2,1-4H3. The summed E-state index contributed by atoms with van der Waals surface area (Å²) in [6, 6.07) is 1.77. The van der Waals surface area contributed by atoms with Crippen molar-refractivity contribution in [2.24, 2.45) is 0 Å². The molecule has 0 amide bonds. The van der Waals surface area contributed by atoms with Crippen LogP contribution in [-0.2, 0) is 10.0 Å². The Morgan fingerprint density at radius 1 is 1.30 bits per heavy atom. The monoisotopic (exact) mass is 300 g/mol. The lowest BCUT2D eigenvalue weighted by atomic mass is 10.1. The molecular formula is C14H24N2O3S. The van der Waals surface area contributed by atoms with Gasteiger partial charge in [-0.2, -0.15) is 0 Å². The van der Waals surface area contributed by atoms with Crippen LogP contribution in [0.25, 0.3) is 0 Å². The molecule has 0 spiro atoms. The molecule has 0 fully saturated rings. The third kappa shape index (κ3) is 3.71. The van der Waals surface area contributed by atoms with Crippen LogP contribution in [0, 0.1) is 20.8 Å². The van der Waals surface area contributed by atoms with Crippen molar-refractivity contribution in [3.63, 3.8) is 0 Å². The Morgan fingerprint density at radius 3 is 2.45 bits per heavy atom. The van der Waals surface area contributed by atoms with E-state index in [-0.39, 0.29) is 11.4 Å². The first-order valence-corrected chi connectivity index (χ1v) is 8.23. The number of hydrogen-bond donors (Lipinski definition) is 3. The third-order valence-electron chi connectivity index (χ3n) is 3.48. The third-order valence-corrected chi connectivity index (χ3v) is 5.17. The Bertz CT molecular complexity index is 556. The van der Waals surface area contributed by atoms with Gasteiger partial charge < -0.3 is 10.8 Å². The zero-order valence-corrected chi connectivity index (χ0v) is 13.3. The predicted molar refractivity (Wildman–Crippen MR) is 81.2 cm³/mol. The molecule has 1 aromatic rings. The van der Waals surface area contributed by atoms with Crippen molar-refractivity contribution >= 4 is 15.7 Å². The maximum absolute atomic E-state index is 12.4. The van der Waals surface area contributed by atoms with Crippen LogP contribution in [0.1, 0.15) is 36.5 Å². The van der Waals surface area contributed by atoms with Gasteiger partial charge >= 0.3 is 0 Å². The van der Waals surface area contributed by atoms with Crippen LogP contribution in [0.3, 0.4) is 0 Å². The highest BCUT2D eigenvalue weighted by molar-refractivity contribution is 7.89. The van der Waals surface area contributed by atoms with E-state index in [4.69, 9.17) is 5.73 Å². The number of nitrogens with two attached hydrogens (primary N) is 1. The van der Waals surface area contributed by atoms with Crippen molar-refractivity contribution in [3.8, 4) is 0 Å². The molecule has 0 bridgehead atoms. The van der Waals surface area contributed by atoms with Gasteiger partial charge in [-0.05, 0) is 49.9 Å². The largest absolute Gasteiger partial charge is 0.398 e. The van der Waals surface area contributed by atoms with Gasteiger partial charge in [0.2, 0.25) is 10.0 Å². The number of nitrogen functional groups attached to an aromatic ring is 1. The summed E-state index contributed by atoms with van der Waals surface area (Å²) in [6.07, 6.45) is 0.701. The summed E-state index contributed by atoms with van der Waals surface area (Å²) < 4.78 is 27.3. The fourth-order valence-electron chi connectivity index (χ4n) is 2.16. The van der Waals surface area contributed by atoms with Crippen molar-refractivity contribution in [3.05, 3.63) is 22.8 Å². The molecule has 1 rings (SSSR count). The molecule has 20 heavy (non-hydrogen) atoms. The zero-order chi connectivity index (χ0) is 15.5. The Morgan fingerprint density at radius 2 is 1.90 bits per heavy atom. The number of anilines is 1. The Balaban J connectivity index is 3.10. The average molecular weight is 300 g/mol. The van der Waals surface area contributed by atoms with Gasteiger partial charge in [0.05, 0.1) is 11.0 Å². The van der Waals surface area contributed by atoms with Crippen LogP contribution >= 0.6 is 0 Å². The number of benzene rings is 1. The van der Waals surface area contributed by atoms with E-state index < -0.39 is 16.1 Å². The van der Waals surface area contributed by atoms with E-state index in [1.807, 2.05) is 13.8 Å². The lowest BCUT2D eigenvalue weighted by Gasteiger charge is -2.17. The SMILES string of the molecule is CCCC(O)CNS(=O)(=O)c1c(C)c(C)cc(N)c1C. The number of rotatable bonds is 6. The maximum Gasteiger partial charge on any atom is 0.241 e. The van der Waals surface area contributed by atoms with E-state index in [0.29, 0.717) is 23.2 Å². The second-order valence-electron chi connectivity index (χ2n) is 5.16. The van der Waals surface area contributed by atoms with Crippen molar-refractivity contribution < 1.29 is 13.5 Å². The Kier molecular flexibility index (Phi) is 5.56. The second-order valence-corrected chi connectivity index (χ2v) is 6.86. The number of aliphatic hydroxyl groups is 1. The molecule has 0 radical (unpaired) electrons. The van der Waals surface area contributed by atoms with Gasteiger partial charge in [-0.3, -0.25) is 0 Å². The first-order valence-electron chi connectivity index (χ1n) is 6.74. The van der Waals surface area contributed by atoms with Crippen molar-refractivity contribution in [1.82, 2.24) is 4.72 Å². The summed E-state index contributed by atoms with van der Waals surface area (Å²) in [7, 11) is -3.67. The molecule has 114 valence electrons. The fourth-order valence-corrected chi connectivity index (χ4v) is 3.80. The number of sulfonamides is 1. The molecule has 1 atom stereocenters. The topological polar surface area (TPSA) is 92.4 Å². The maximum atomic E-state index is 12.4. The molecule has 5 nitrogen and oxygen atoms in total. The number of aliphatic hydroxyl groups excluding tert-OH is 1. The van der Waals surface area contributed by atoms with E-state index in [0.717, 1.165) is 12.0 Å². The highest BCUT2D eigenvalue weighted by Gasteiger charge is 2.22. The van der Waals surface area contributed by atoms with Crippen LogP contribution < -0.4 is 10.5 Å². The summed E-state index contributed by atoms with van der Waals surface area (Å²) in [5, 5.41) is 9.66. The molecule has 6 heteroatoms. The highest BCUT2D eigenvalue weighted by Crippen LogP contribution is 2.27. The molecular weight excluding hydrogens is 276 g/mol. The first kappa shape index (κ1) is 16.9. The van der Waals surface area contributed by atoms with E-state index in [1.165, 1.54) is 0 Å². The molecule has 0 saturated heterocycles. The molecule has 0 saturated carbocycles. The van der Waals surface area contributed by atoms with Crippen molar-refractivity contribution in [1.29, 1.82) is 0 Å². The number of hydrogen-bond acceptors (Lipinski definition) is 4. The number of nitrogens with one attached hydrogen (secondary N) is 1. The van der Waals surface area contributed by atoms with Crippen LogP contribution in [0.5, 0.6) is 0 Å². The van der Waals surface area contributed by atoms with Gasteiger partial charge in [-0.25, -0.2) is 13.1 Å². The molecule has 1 unspecified atom stereocenters. The van der Waals surface area contributed by atoms with E-state index in [9.17, 15) is 13.5 Å². The normalized spacial score (nSPS) is 13.4. The van der Waals surface area contributed by atoms with Gasteiger partial charge in [0.25, 0.3) is 0 Å². The molecule has 0 aliphatic heterocycles. The average Bonchev–Trinajstić information content (AvgIpc) is 2.35. The summed E-state index contributed by atoms with van der Waals surface area (Å²) in [6.45, 7) is 7.24. The minimum absolute atomic E-state index is 0.0168. The molecule has 0 heterocycles. The van der Waals surface area contributed by atoms with Gasteiger partial charge in [0.1, 0.15) is 0 Å². The smallest absolute Gasteiger partial charge is 0.241 e. The quantitative estimate of drug-likeness (QED) is 0.696. The predicted octanol–water partition coefficient (Wildman–Crippen LogP) is 1.63. The minimum Gasteiger partial charge on any atom is -0.398 e. The second kappa shape index (κ2) is 6.56. The van der Waals surface area contributed by atoms with Crippen LogP contribution in [0.4, 0.5) is 5.69 Å². The van der Waals surface area contributed by atoms with Crippen LogP contribution in [-0.4, -0.2) is 26.2 Å². The minimum atomic E-state index is -3.67. The van der Waals surface area contributed by atoms with E-state index in [1.54, 1.807) is 19.9 Å². The van der Waals surface area contributed by atoms with Gasteiger partial charge in [-0.1, -0.05) is 13.3 Å². The van der Waals surface area contributed by atoms with Crippen LogP contribution in [0.2, 0.25) is 0 Å². The van der Waals surface area contributed by atoms with Crippen LogP contribution in [0.15, 0.2) is 11.0 Å². The van der Waals surface area contributed by atoms with Crippen molar-refractivity contribution in [2.45, 2.75) is 51.5 Å².